The van der Waals surface area contributed by atoms with Crippen molar-refractivity contribution in [3.63, 3.8) is 0 Å². The lowest BCUT2D eigenvalue weighted by molar-refractivity contribution is -0.384. The minimum atomic E-state index is -4.03. The smallest absolute Gasteiger partial charge is 0.295 e. The minimum absolute atomic E-state index is 0.0805. The number of aromatic hydroxyl groups is 1. The van der Waals surface area contributed by atoms with E-state index in [1.165, 1.54) is 48.5 Å². The molecule has 4 rings (SSSR count). The van der Waals surface area contributed by atoms with E-state index in [1.807, 2.05) is 0 Å². The Kier molecular flexibility index (Phi) is 6.01. The first-order valence-corrected chi connectivity index (χ1v) is 11.3. The van der Waals surface area contributed by atoms with E-state index >= 15 is 0 Å². The molecule has 0 aliphatic carbocycles. The minimum Gasteiger partial charge on any atom is -0.493 e. The van der Waals surface area contributed by atoms with Crippen LogP contribution in [-0.4, -0.2) is 29.3 Å². The van der Waals surface area contributed by atoms with Crippen LogP contribution in [-0.2, 0) is 10.0 Å². The van der Waals surface area contributed by atoms with Crippen LogP contribution in [0.1, 0.15) is 10.4 Å². The Hall–Kier alpha value is -4.29. The zero-order valence-corrected chi connectivity index (χ0v) is 18.5. The van der Waals surface area contributed by atoms with Gasteiger partial charge in [-0.15, -0.1) is 10.2 Å². The molecule has 1 aromatic heterocycles. The topological polar surface area (TPSA) is 167 Å². The predicted octanol–water partition coefficient (Wildman–Crippen LogP) is 5.16. The molecular weight excluding hydrogens is 486 g/mol. The van der Waals surface area contributed by atoms with Crippen molar-refractivity contribution in [3.8, 4) is 5.88 Å². The van der Waals surface area contributed by atoms with Gasteiger partial charge >= 0.3 is 0 Å². The van der Waals surface area contributed by atoms with Gasteiger partial charge in [0.05, 0.1) is 21.0 Å². The maximum Gasteiger partial charge on any atom is 0.295 e. The number of H-pyrrole nitrogens is 1. The summed E-state index contributed by atoms with van der Waals surface area (Å²) in [7, 11) is -4.03. The number of amides is 1. The number of benzene rings is 3. The van der Waals surface area contributed by atoms with E-state index in [0.717, 1.165) is 6.07 Å². The van der Waals surface area contributed by atoms with Crippen molar-refractivity contribution in [3.05, 3.63) is 87.4 Å². The number of sulfonamides is 1. The van der Waals surface area contributed by atoms with E-state index in [-0.39, 0.29) is 32.9 Å². The molecule has 3 N–H and O–H groups in total. The average Bonchev–Trinajstić information content (AvgIpc) is 3.11. The fourth-order valence-corrected chi connectivity index (χ4v) is 4.37. The number of rotatable bonds is 6. The summed E-state index contributed by atoms with van der Waals surface area (Å²) in [6, 6.07) is 15.1. The number of hydrogen-bond donors (Lipinski definition) is 3. The Bertz CT molecular complexity index is 1580. The predicted molar refractivity (Wildman–Crippen MR) is 124 cm³/mol. The Morgan fingerprint density at radius 3 is 2.59 bits per heavy atom. The maximum absolute atomic E-state index is 12.7. The lowest BCUT2D eigenvalue weighted by Crippen LogP contribution is -2.13. The van der Waals surface area contributed by atoms with Crippen molar-refractivity contribution < 1.29 is 23.2 Å². The quantitative estimate of drug-likeness (QED) is 0.188. The Balaban J connectivity index is 1.61. The highest BCUT2D eigenvalue weighted by Gasteiger charge is 2.18. The molecule has 0 saturated carbocycles. The number of azo groups is 1. The molecule has 1 heterocycles. The van der Waals surface area contributed by atoms with Gasteiger partial charge in [-0.2, -0.15) is 0 Å². The molecule has 34 heavy (non-hydrogen) atoms. The average molecular weight is 500 g/mol. The lowest BCUT2D eigenvalue weighted by atomic mass is 10.2. The SMILES string of the molecule is O=C(N=Nc1c(O)[nH]c2ccc([N+](=O)[O-])cc12)c1cccc(S(=O)(=O)Nc2cccc(Cl)c2)c1. The molecular formula is C21H14ClN5O6S. The van der Waals surface area contributed by atoms with Crippen LogP contribution in [0, 0.1) is 10.1 Å². The van der Waals surface area contributed by atoms with E-state index in [1.54, 1.807) is 12.1 Å². The fourth-order valence-electron chi connectivity index (χ4n) is 3.08. The number of nitro groups is 1. The Morgan fingerprint density at radius 2 is 1.85 bits per heavy atom. The number of carbonyl (C=O) groups is 1. The normalized spacial score (nSPS) is 11.7. The highest BCUT2D eigenvalue weighted by Crippen LogP contribution is 2.37. The van der Waals surface area contributed by atoms with Crippen LogP contribution in [0.4, 0.5) is 17.1 Å². The van der Waals surface area contributed by atoms with E-state index in [2.05, 4.69) is 19.9 Å². The zero-order valence-electron chi connectivity index (χ0n) is 17.0. The molecule has 0 unspecified atom stereocenters. The highest BCUT2D eigenvalue weighted by molar-refractivity contribution is 7.92. The molecule has 172 valence electrons. The number of hydrogen-bond acceptors (Lipinski definition) is 7. The highest BCUT2D eigenvalue weighted by atomic mass is 35.5. The van der Waals surface area contributed by atoms with Crippen molar-refractivity contribution in [2.75, 3.05) is 4.72 Å². The van der Waals surface area contributed by atoms with Crippen LogP contribution in [0.25, 0.3) is 10.9 Å². The number of aromatic nitrogens is 1. The third-order valence-electron chi connectivity index (χ3n) is 4.66. The van der Waals surface area contributed by atoms with Crippen molar-refractivity contribution in [2.45, 2.75) is 4.90 Å². The zero-order chi connectivity index (χ0) is 24.5. The number of nitrogens with one attached hydrogen (secondary N) is 2. The number of aromatic amines is 1. The maximum atomic E-state index is 12.7. The second-order valence-electron chi connectivity index (χ2n) is 6.96. The molecule has 0 aliphatic rings. The van der Waals surface area contributed by atoms with Crippen molar-refractivity contribution in [2.24, 2.45) is 10.2 Å². The molecule has 0 fully saturated rings. The summed E-state index contributed by atoms with van der Waals surface area (Å²) >= 11 is 5.88. The Morgan fingerprint density at radius 1 is 1.09 bits per heavy atom. The van der Waals surface area contributed by atoms with Crippen LogP contribution < -0.4 is 4.72 Å². The monoisotopic (exact) mass is 499 g/mol. The molecule has 0 spiro atoms. The molecule has 0 aliphatic heterocycles. The van der Waals surface area contributed by atoms with Gasteiger partial charge in [0.1, 0.15) is 0 Å². The van der Waals surface area contributed by atoms with Crippen LogP contribution in [0.3, 0.4) is 0 Å². The van der Waals surface area contributed by atoms with Gasteiger partial charge in [-0.25, -0.2) is 8.42 Å². The molecule has 13 heteroatoms. The summed E-state index contributed by atoms with van der Waals surface area (Å²) in [6.07, 6.45) is 0. The largest absolute Gasteiger partial charge is 0.493 e. The van der Waals surface area contributed by atoms with Crippen molar-refractivity contribution in [1.29, 1.82) is 0 Å². The van der Waals surface area contributed by atoms with Gasteiger partial charge in [0.25, 0.3) is 21.6 Å². The van der Waals surface area contributed by atoms with Crippen LogP contribution in [0.2, 0.25) is 5.02 Å². The van der Waals surface area contributed by atoms with Gasteiger partial charge < -0.3 is 10.1 Å². The summed E-state index contributed by atoms with van der Waals surface area (Å²) in [5, 5.41) is 28.9. The summed E-state index contributed by atoms with van der Waals surface area (Å²) in [5.41, 5.74) is 0.110. The number of anilines is 1. The van der Waals surface area contributed by atoms with Crippen molar-refractivity contribution in [1.82, 2.24) is 4.98 Å². The van der Waals surface area contributed by atoms with E-state index in [0.29, 0.717) is 10.5 Å². The number of nitro benzene ring substituents is 1. The first kappa shape index (κ1) is 22.9. The van der Waals surface area contributed by atoms with Gasteiger partial charge in [0.15, 0.2) is 5.69 Å². The third-order valence-corrected chi connectivity index (χ3v) is 6.27. The van der Waals surface area contributed by atoms with Crippen LogP contribution in [0.5, 0.6) is 5.88 Å². The standard InChI is InChI=1S/C21H14ClN5O6S/c22-13-4-2-5-14(10-13)26-34(32,33)16-6-1-3-12(9-16)20(28)25-24-19-17-11-15(27(30)31)7-8-18(17)23-21(19)29/h1-11,23,26,29H. The number of nitrogens with zero attached hydrogens (tertiary/aromatic N) is 3. The molecule has 0 bridgehead atoms. The summed E-state index contributed by atoms with van der Waals surface area (Å²) in [6.45, 7) is 0. The first-order valence-electron chi connectivity index (χ1n) is 9.48. The number of fused-ring (bicyclic) bond motifs is 1. The molecule has 0 radical (unpaired) electrons. The fraction of sp³-hybridized carbons (Fsp3) is 0. The second kappa shape index (κ2) is 8.92. The van der Waals surface area contributed by atoms with Gasteiger partial charge in [-0.05, 0) is 42.5 Å². The summed E-state index contributed by atoms with van der Waals surface area (Å²) in [4.78, 5) is 25.4. The van der Waals surface area contributed by atoms with E-state index in [9.17, 15) is 28.4 Å². The summed E-state index contributed by atoms with van der Waals surface area (Å²) < 4.78 is 27.8. The Labute approximate surface area is 196 Å². The molecule has 3 aromatic carbocycles. The van der Waals surface area contributed by atoms with Gasteiger partial charge in [0, 0.05) is 28.1 Å². The first-order chi connectivity index (χ1) is 16.1. The molecule has 4 aromatic rings. The van der Waals surface area contributed by atoms with E-state index < -0.39 is 26.7 Å². The third kappa shape index (κ3) is 4.72. The van der Waals surface area contributed by atoms with Crippen molar-refractivity contribution >= 4 is 55.5 Å². The van der Waals surface area contributed by atoms with Gasteiger partial charge in [0.2, 0.25) is 5.88 Å². The second-order valence-corrected chi connectivity index (χ2v) is 9.08. The molecule has 0 saturated heterocycles. The van der Waals surface area contributed by atoms with E-state index in [4.69, 9.17) is 11.6 Å². The van der Waals surface area contributed by atoms with Crippen LogP contribution in [0.15, 0.2) is 81.9 Å². The molecule has 1 amide bonds. The van der Waals surface area contributed by atoms with Crippen LogP contribution >= 0.6 is 11.6 Å². The molecule has 0 atom stereocenters. The van der Waals surface area contributed by atoms with Gasteiger partial charge in [-0.3, -0.25) is 19.6 Å². The van der Waals surface area contributed by atoms with Gasteiger partial charge in [-0.1, -0.05) is 23.7 Å². The lowest BCUT2D eigenvalue weighted by Gasteiger charge is -2.09. The molecule has 11 nitrogen and oxygen atoms in total. The number of non-ortho nitro benzene ring substituents is 1. The summed E-state index contributed by atoms with van der Waals surface area (Å²) in [5.74, 6) is -1.33. The number of carbonyl (C=O) groups excluding carboxylic acids is 1. The number of halogens is 1.